The van der Waals surface area contributed by atoms with Crippen molar-refractivity contribution in [2.45, 2.75) is 39.0 Å². The zero-order valence-corrected chi connectivity index (χ0v) is 11.9. The summed E-state index contributed by atoms with van der Waals surface area (Å²) in [6.45, 7) is 4.21. The van der Waals surface area contributed by atoms with Gasteiger partial charge in [0.2, 0.25) is 11.8 Å². The Kier molecular flexibility index (Phi) is 4.42. The average Bonchev–Trinajstić information content (AvgIpc) is 2.94. The van der Waals surface area contributed by atoms with Crippen LogP contribution in [0.4, 0.5) is 0 Å². The lowest BCUT2D eigenvalue weighted by molar-refractivity contribution is -0.149. The van der Waals surface area contributed by atoms with Gasteiger partial charge >= 0.3 is 5.97 Å². The summed E-state index contributed by atoms with van der Waals surface area (Å²) in [4.78, 5) is 37.9. The molecule has 6 heteroatoms. The lowest BCUT2D eigenvalue weighted by Crippen LogP contribution is -2.39. The zero-order chi connectivity index (χ0) is 14.8. The number of aliphatic carboxylic acids is 1. The van der Waals surface area contributed by atoms with Crippen molar-refractivity contribution in [1.82, 2.24) is 9.80 Å². The van der Waals surface area contributed by atoms with Crippen LogP contribution in [-0.4, -0.2) is 58.9 Å². The van der Waals surface area contributed by atoms with Crippen molar-refractivity contribution in [3.05, 3.63) is 0 Å². The molecule has 2 heterocycles. The third kappa shape index (κ3) is 2.85. The number of rotatable bonds is 6. The van der Waals surface area contributed by atoms with E-state index in [1.165, 1.54) is 4.90 Å². The molecule has 112 valence electrons. The summed E-state index contributed by atoms with van der Waals surface area (Å²) >= 11 is 0. The maximum atomic E-state index is 11.5. The molecule has 0 aromatic rings. The van der Waals surface area contributed by atoms with Crippen molar-refractivity contribution in [3.63, 3.8) is 0 Å². The van der Waals surface area contributed by atoms with Crippen LogP contribution in [0.3, 0.4) is 0 Å². The summed E-state index contributed by atoms with van der Waals surface area (Å²) in [5, 5.41) is 9.43. The largest absolute Gasteiger partial charge is 0.481 e. The maximum Gasteiger partial charge on any atom is 0.310 e. The Morgan fingerprint density at radius 3 is 2.45 bits per heavy atom. The van der Waals surface area contributed by atoms with E-state index in [9.17, 15) is 19.5 Å². The highest BCUT2D eigenvalue weighted by atomic mass is 16.4. The lowest BCUT2D eigenvalue weighted by atomic mass is 9.83. The molecule has 0 aromatic heterocycles. The second kappa shape index (κ2) is 5.91. The first-order valence-corrected chi connectivity index (χ1v) is 7.27. The van der Waals surface area contributed by atoms with Crippen molar-refractivity contribution in [2.75, 3.05) is 26.2 Å². The highest BCUT2D eigenvalue weighted by Crippen LogP contribution is 2.35. The third-order valence-corrected chi connectivity index (χ3v) is 4.41. The smallest absolute Gasteiger partial charge is 0.310 e. The molecule has 2 aliphatic heterocycles. The standard InChI is InChI=1S/C14H22N2O4/c1-2-5-14(13(19)20)6-7-15(10-14)8-9-16-11(17)3-4-12(16)18/h2-10H2,1H3,(H,19,20). The number of carbonyl (C=O) groups is 3. The molecule has 0 radical (unpaired) electrons. The molecule has 1 unspecified atom stereocenters. The first kappa shape index (κ1) is 15.0. The van der Waals surface area contributed by atoms with Crippen LogP contribution in [0.15, 0.2) is 0 Å². The predicted octanol–water partition coefficient (Wildman–Crippen LogP) is 0.712. The fourth-order valence-electron chi connectivity index (χ4n) is 3.23. The van der Waals surface area contributed by atoms with Crippen molar-refractivity contribution in [1.29, 1.82) is 0 Å². The molecule has 0 bridgehead atoms. The number of carbonyl (C=O) groups excluding carboxylic acids is 2. The molecule has 1 atom stereocenters. The van der Waals surface area contributed by atoms with Crippen molar-refractivity contribution in [3.8, 4) is 0 Å². The molecule has 20 heavy (non-hydrogen) atoms. The summed E-state index contributed by atoms with van der Waals surface area (Å²) < 4.78 is 0. The minimum Gasteiger partial charge on any atom is -0.481 e. The zero-order valence-electron chi connectivity index (χ0n) is 11.9. The van der Waals surface area contributed by atoms with Crippen LogP contribution in [-0.2, 0) is 14.4 Å². The van der Waals surface area contributed by atoms with Gasteiger partial charge in [-0.05, 0) is 19.4 Å². The van der Waals surface area contributed by atoms with Gasteiger partial charge in [-0.1, -0.05) is 13.3 Å². The number of amides is 2. The number of likely N-dealkylation sites (tertiary alicyclic amines) is 2. The maximum absolute atomic E-state index is 11.5. The molecule has 0 spiro atoms. The molecule has 0 aliphatic carbocycles. The van der Waals surface area contributed by atoms with E-state index in [0.717, 1.165) is 13.0 Å². The number of imide groups is 1. The molecule has 2 saturated heterocycles. The number of hydrogen-bond acceptors (Lipinski definition) is 4. The molecular weight excluding hydrogens is 260 g/mol. The summed E-state index contributed by atoms with van der Waals surface area (Å²) in [6, 6.07) is 0. The fourth-order valence-corrected chi connectivity index (χ4v) is 3.23. The molecule has 2 aliphatic rings. The number of nitrogens with zero attached hydrogens (tertiary/aromatic N) is 2. The van der Waals surface area contributed by atoms with Crippen molar-refractivity contribution < 1.29 is 19.5 Å². The van der Waals surface area contributed by atoms with Crippen LogP contribution in [0.2, 0.25) is 0 Å². The van der Waals surface area contributed by atoms with E-state index in [1.807, 2.05) is 6.92 Å². The van der Waals surface area contributed by atoms with E-state index < -0.39 is 11.4 Å². The molecule has 0 saturated carbocycles. The van der Waals surface area contributed by atoms with Crippen LogP contribution >= 0.6 is 0 Å². The van der Waals surface area contributed by atoms with Gasteiger partial charge in [0.1, 0.15) is 0 Å². The van der Waals surface area contributed by atoms with Gasteiger partial charge in [-0.3, -0.25) is 19.3 Å². The molecular formula is C14H22N2O4. The molecule has 1 N–H and O–H groups in total. The van der Waals surface area contributed by atoms with Crippen molar-refractivity contribution >= 4 is 17.8 Å². The summed E-state index contributed by atoms with van der Waals surface area (Å²) in [6.07, 6.45) is 2.81. The second-order valence-corrected chi connectivity index (χ2v) is 5.80. The topological polar surface area (TPSA) is 77.9 Å². The van der Waals surface area contributed by atoms with Crippen LogP contribution in [0, 0.1) is 5.41 Å². The highest BCUT2D eigenvalue weighted by Gasteiger charge is 2.44. The normalized spacial score (nSPS) is 27.6. The quantitative estimate of drug-likeness (QED) is 0.726. The minimum atomic E-state index is -0.727. The summed E-state index contributed by atoms with van der Waals surface area (Å²) in [5.74, 6) is -0.935. The van der Waals surface area contributed by atoms with E-state index in [4.69, 9.17) is 0 Å². The highest BCUT2D eigenvalue weighted by molar-refractivity contribution is 6.01. The first-order valence-electron chi connectivity index (χ1n) is 7.27. The van der Waals surface area contributed by atoms with Gasteiger partial charge in [0.05, 0.1) is 5.41 Å². The van der Waals surface area contributed by atoms with E-state index in [0.29, 0.717) is 45.3 Å². The molecule has 6 nitrogen and oxygen atoms in total. The third-order valence-electron chi connectivity index (χ3n) is 4.41. The Morgan fingerprint density at radius 2 is 1.90 bits per heavy atom. The number of carboxylic acid groups (broad SMARTS) is 1. The van der Waals surface area contributed by atoms with Gasteiger partial charge in [-0.15, -0.1) is 0 Å². The average molecular weight is 282 g/mol. The van der Waals surface area contributed by atoms with Crippen LogP contribution in [0.1, 0.15) is 39.0 Å². The Labute approximate surface area is 118 Å². The van der Waals surface area contributed by atoms with Gasteiger partial charge in [-0.2, -0.15) is 0 Å². The monoisotopic (exact) mass is 282 g/mol. The minimum absolute atomic E-state index is 0.104. The van der Waals surface area contributed by atoms with Crippen LogP contribution < -0.4 is 0 Å². The summed E-state index contributed by atoms with van der Waals surface area (Å²) in [5.41, 5.74) is -0.645. The van der Waals surface area contributed by atoms with E-state index in [2.05, 4.69) is 4.90 Å². The Balaban J connectivity index is 1.88. The van der Waals surface area contributed by atoms with Gasteiger partial charge in [0, 0.05) is 32.5 Å². The van der Waals surface area contributed by atoms with Gasteiger partial charge in [0.15, 0.2) is 0 Å². The van der Waals surface area contributed by atoms with Gasteiger partial charge < -0.3 is 10.0 Å². The van der Waals surface area contributed by atoms with E-state index >= 15 is 0 Å². The molecule has 2 rings (SSSR count). The number of carboxylic acids is 1. The van der Waals surface area contributed by atoms with Gasteiger partial charge in [0.25, 0.3) is 0 Å². The second-order valence-electron chi connectivity index (χ2n) is 5.80. The van der Waals surface area contributed by atoms with Crippen LogP contribution in [0.5, 0.6) is 0 Å². The lowest BCUT2D eigenvalue weighted by Gasteiger charge is -2.25. The predicted molar refractivity (Wildman–Crippen MR) is 72.0 cm³/mol. The summed E-state index contributed by atoms with van der Waals surface area (Å²) in [7, 11) is 0. The SMILES string of the molecule is CCCC1(C(=O)O)CCN(CCN2C(=O)CCC2=O)C1. The Bertz CT molecular complexity index is 407. The Hall–Kier alpha value is -1.43. The molecule has 0 aromatic carbocycles. The van der Waals surface area contributed by atoms with Crippen LogP contribution in [0.25, 0.3) is 0 Å². The number of hydrogen-bond donors (Lipinski definition) is 1. The van der Waals surface area contributed by atoms with Crippen molar-refractivity contribution in [2.24, 2.45) is 5.41 Å². The first-order chi connectivity index (χ1) is 9.48. The molecule has 2 amide bonds. The molecule has 2 fully saturated rings. The van der Waals surface area contributed by atoms with E-state index in [-0.39, 0.29) is 11.8 Å². The van der Waals surface area contributed by atoms with E-state index in [1.54, 1.807) is 0 Å². The van der Waals surface area contributed by atoms with Gasteiger partial charge in [-0.25, -0.2) is 0 Å². The Morgan fingerprint density at radius 1 is 1.25 bits per heavy atom. The fraction of sp³-hybridized carbons (Fsp3) is 0.786.